The van der Waals surface area contributed by atoms with Crippen molar-refractivity contribution in [3.05, 3.63) is 78.9 Å². The summed E-state index contributed by atoms with van der Waals surface area (Å²) >= 11 is 0. The van der Waals surface area contributed by atoms with Gasteiger partial charge < -0.3 is 16.4 Å². The number of pyridine rings is 2. The van der Waals surface area contributed by atoms with Gasteiger partial charge in [-0.15, -0.1) is 0 Å². The lowest BCUT2D eigenvalue weighted by Gasteiger charge is -2.20. The average molecular weight is 413 g/mol. The van der Waals surface area contributed by atoms with Gasteiger partial charge in [0.05, 0.1) is 18.3 Å². The van der Waals surface area contributed by atoms with Crippen LogP contribution in [0.3, 0.4) is 0 Å². The fourth-order valence-electron chi connectivity index (χ4n) is 3.33. The lowest BCUT2D eigenvalue weighted by molar-refractivity contribution is -0.117. The van der Waals surface area contributed by atoms with Crippen LogP contribution >= 0.6 is 0 Å². The minimum Gasteiger partial charge on any atom is -0.369 e. The highest BCUT2D eigenvalue weighted by molar-refractivity contribution is 5.89. The Balaban J connectivity index is 1.60. The lowest BCUT2D eigenvalue weighted by Crippen LogP contribution is -2.42. The van der Waals surface area contributed by atoms with Crippen LogP contribution in [-0.2, 0) is 11.2 Å². The van der Waals surface area contributed by atoms with Crippen molar-refractivity contribution < 1.29 is 4.79 Å². The van der Waals surface area contributed by atoms with Gasteiger partial charge in [0, 0.05) is 42.1 Å². The molecule has 0 bridgehead atoms. The molecule has 0 spiro atoms. The Labute approximate surface area is 180 Å². The van der Waals surface area contributed by atoms with E-state index < -0.39 is 5.91 Å². The molecule has 0 aliphatic rings. The monoisotopic (exact) mass is 413 g/mol. The summed E-state index contributed by atoms with van der Waals surface area (Å²) in [4.78, 5) is 29.0. The molecular formula is C23H23N7O. The van der Waals surface area contributed by atoms with Crippen LogP contribution in [-0.4, -0.2) is 45.0 Å². The first-order chi connectivity index (χ1) is 15.2. The molecule has 1 amide bonds. The molecule has 4 rings (SSSR count). The Bertz CT molecular complexity index is 1150. The molecule has 4 N–H and O–H groups in total. The van der Waals surface area contributed by atoms with Crippen LogP contribution in [0.2, 0.25) is 0 Å². The maximum atomic E-state index is 11.3. The van der Waals surface area contributed by atoms with E-state index in [9.17, 15) is 4.79 Å². The molecule has 31 heavy (non-hydrogen) atoms. The van der Waals surface area contributed by atoms with E-state index >= 15 is 0 Å². The van der Waals surface area contributed by atoms with Crippen molar-refractivity contribution in [2.75, 3.05) is 18.4 Å². The number of aromatic nitrogens is 4. The Hall–Kier alpha value is -3.91. The number of amides is 1. The smallest absolute Gasteiger partial charge is 0.231 e. The normalized spacial score (nSPS) is 11.9. The van der Waals surface area contributed by atoms with Gasteiger partial charge in [0.1, 0.15) is 5.82 Å². The van der Waals surface area contributed by atoms with Gasteiger partial charge in [0.25, 0.3) is 0 Å². The number of nitrogens with zero attached hydrogens (tertiary/aromatic N) is 4. The van der Waals surface area contributed by atoms with Gasteiger partial charge >= 0.3 is 0 Å². The third kappa shape index (κ3) is 5.37. The zero-order valence-electron chi connectivity index (χ0n) is 16.9. The van der Waals surface area contributed by atoms with Gasteiger partial charge in [-0.2, -0.15) is 0 Å². The Kier molecular flexibility index (Phi) is 6.39. The standard InChI is InChI=1S/C23H23N7O/c24-21(31)15-27-18(12-16-4-2-1-3-5-16)13-28-23-19-8-11-26-14-20(19)29-22(30-23)17-6-9-25-10-7-17/h1-11,14,18,27H,12-13,15H2,(H2,24,31)(H,28,29,30)/t18-/m0/s1. The highest BCUT2D eigenvalue weighted by atomic mass is 16.1. The first kappa shape index (κ1) is 20.4. The van der Waals surface area contributed by atoms with E-state index in [1.165, 1.54) is 5.56 Å². The summed E-state index contributed by atoms with van der Waals surface area (Å²) in [5, 5.41) is 7.54. The maximum Gasteiger partial charge on any atom is 0.231 e. The molecule has 0 aliphatic carbocycles. The van der Waals surface area contributed by atoms with Crippen molar-refractivity contribution in [1.29, 1.82) is 0 Å². The molecular weight excluding hydrogens is 390 g/mol. The van der Waals surface area contributed by atoms with Crippen molar-refractivity contribution in [2.45, 2.75) is 12.5 Å². The highest BCUT2D eigenvalue weighted by Crippen LogP contribution is 2.24. The van der Waals surface area contributed by atoms with Gasteiger partial charge in [-0.25, -0.2) is 9.97 Å². The van der Waals surface area contributed by atoms with E-state index in [0.29, 0.717) is 18.2 Å². The molecule has 8 heteroatoms. The summed E-state index contributed by atoms with van der Waals surface area (Å²) in [5.74, 6) is 0.907. The molecule has 156 valence electrons. The van der Waals surface area contributed by atoms with Gasteiger partial charge in [0.15, 0.2) is 5.82 Å². The SMILES string of the molecule is NC(=O)CN[C@H](CNc1nc(-c2ccncc2)nc2cnccc12)Cc1ccccc1. The number of carbonyl (C=O) groups is 1. The van der Waals surface area contributed by atoms with Crippen molar-refractivity contribution in [1.82, 2.24) is 25.3 Å². The number of hydrogen-bond donors (Lipinski definition) is 3. The number of anilines is 1. The summed E-state index contributed by atoms with van der Waals surface area (Å²) in [5.41, 5.74) is 8.13. The highest BCUT2D eigenvalue weighted by Gasteiger charge is 2.14. The number of hydrogen-bond acceptors (Lipinski definition) is 7. The molecule has 4 aromatic rings. The molecule has 0 radical (unpaired) electrons. The Morgan fingerprint density at radius 3 is 2.52 bits per heavy atom. The molecule has 0 unspecified atom stereocenters. The number of carbonyl (C=O) groups excluding carboxylic acids is 1. The first-order valence-corrected chi connectivity index (χ1v) is 10.0. The number of nitrogens with two attached hydrogens (primary N) is 1. The predicted octanol–water partition coefficient (Wildman–Crippen LogP) is 2.18. The number of fused-ring (bicyclic) bond motifs is 1. The average Bonchev–Trinajstić information content (AvgIpc) is 2.81. The van der Waals surface area contributed by atoms with Crippen LogP contribution in [0.4, 0.5) is 5.82 Å². The third-order valence-electron chi connectivity index (χ3n) is 4.84. The molecule has 0 saturated carbocycles. The van der Waals surface area contributed by atoms with Crippen LogP contribution in [0.1, 0.15) is 5.56 Å². The number of benzene rings is 1. The number of nitrogens with one attached hydrogen (secondary N) is 2. The van der Waals surface area contributed by atoms with Gasteiger partial charge in [-0.3, -0.25) is 14.8 Å². The van der Waals surface area contributed by atoms with Crippen molar-refractivity contribution in [3.63, 3.8) is 0 Å². The molecule has 0 aliphatic heterocycles. The Morgan fingerprint density at radius 1 is 0.968 bits per heavy atom. The zero-order valence-corrected chi connectivity index (χ0v) is 16.9. The van der Waals surface area contributed by atoms with Crippen LogP contribution in [0, 0.1) is 0 Å². The van der Waals surface area contributed by atoms with Gasteiger partial charge in [-0.05, 0) is 30.2 Å². The second kappa shape index (κ2) is 9.73. The lowest BCUT2D eigenvalue weighted by atomic mass is 10.1. The summed E-state index contributed by atoms with van der Waals surface area (Å²) in [7, 11) is 0. The van der Waals surface area contributed by atoms with Crippen LogP contribution in [0.5, 0.6) is 0 Å². The van der Waals surface area contributed by atoms with E-state index in [2.05, 4.69) is 37.7 Å². The van der Waals surface area contributed by atoms with Crippen molar-refractivity contribution in [2.24, 2.45) is 5.73 Å². The van der Waals surface area contributed by atoms with Crippen LogP contribution in [0.15, 0.2) is 73.3 Å². The van der Waals surface area contributed by atoms with E-state index in [1.807, 2.05) is 36.4 Å². The topological polar surface area (TPSA) is 119 Å². The molecule has 8 nitrogen and oxygen atoms in total. The van der Waals surface area contributed by atoms with E-state index in [1.54, 1.807) is 24.8 Å². The fraction of sp³-hybridized carbons (Fsp3) is 0.174. The molecule has 1 atom stereocenters. The number of rotatable bonds is 9. The molecule has 1 aromatic carbocycles. The Morgan fingerprint density at radius 2 is 1.74 bits per heavy atom. The molecule has 3 aromatic heterocycles. The minimum absolute atomic E-state index is 0.0221. The molecule has 0 saturated heterocycles. The molecule has 0 fully saturated rings. The second-order valence-electron chi connectivity index (χ2n) is 7.14. The van der Waals surface area contributed by atoms with Crippen molar-refractivity contribution >= 4 is 22.6 Å². The summed E-state index contributed by atoms with van der Waals surface area (Å²) in [6.45, 7) is 0.655. The van der Waals surface area contributed by atoms with Crippen molar-refractivity contribution in [3.8, 4) is 11.4 Å². The zero-order chi connectivity index (χ0) is 21.5. The first-order valence-electron chi connectivity index (χ1n) is 10.0. The maximum absolute atomic E-state index is 11.3. The molecule has 3 heterocycles. The minimum atomic E-state index is -0.392. The predicted molar refractivity (Wildman–Crippen MR) is 120 cm³/mol. The third-order valence-corrected chi connectivity index (χ3v) is 4.84. The van der Waals surface area contributed by atoms with E-state index in [0.717, 1.165) is 22.9 Å². The van der Waals surface area contributed by atoms with E-state index in [-0.39, 0.29) is 12.6 Å². The van der Waals surface area contributed by atoms with Gasteiger partial charge in [0.2, 0.25) is 5.91 Å². The summed E-state index contributed by atoms with van der Waals surface area (Å²) < 4.78 is 0. The summed E-state index contributed by atoms with van der Waals surface area (Å²) in [6.07, 6.45) is 7.60. The van der Waals surface area contributed by atoms with Gasteiger partial charge in [-0.1, -0.05) is 30.3 Å². The fourth-order valence-corrected chi connectivity index (χ4v) is 3.33. The second-order valence-corrected chi connectivity index (χ2v) is 7.14. The summed E-state index contributed by atoms with van der Waals surface area (Å²) in [6, 6.07) is 15.7. The van der Waals surface area contributed by atoms with Crippen LogP contribution in [0.25, 0.3) is 22.3 Å². The van der Waals surface area contributed by atoms with E-state index in [4.69, 9.17) is 10.7 Å². The van der Waals surface area contributed by atoms with Crippen LogP contribution < -0.4 is 16.4 Å². The largest absolute Gasteiger partial charge is 0.369 e. The quantitative estimate of drug-likeness (QED) is 0.385. The number of primary amides is 1.